The van der Waals surface area contributed by atoms with Gasteiger partial charge in [0, 0.05) is 13.0 Å². The quantitative estimate of drug-likeness (QED) is 0.317. The number of nitrogens with zero attached hydrogens (tertiary/aromatic N) is 1. The average Bonchev–Trinajstić information content (AvgIpc) is 2.34. The van der Waals surface area contributed by atoms with Crippen LogP contribution in [0.2, 0.25) is 0 Å². The zero-order valence-corrected chi connectivity index (χ0v) is 13.6. The SMILES string of the molecule is C=CC(=O)NCCC[N+](C)(C)CCCCCCC.[Cl-]. The van der Waals surface area contributed by atoms with Crippen molar-refractivity contribution in [3.63, 3.8) is 0 Å². The van der Waals surface area contributed by atoms with Gasteiger partial charge in [-0.3, -0.25) is 4.79 Å². The molecular formula is C15H31ClN2O. The lowest BCUT2D eigenvalue weighted by molar-refractivity contribution is -0.890. The van der Waals surface area contributed by atoms with Gasteiger partial charge >= 0.3 is 0 Å². The Morgan fingerprint density at radius 3 is 2.26 bits per heavy atom. The molecule has 0 atom stereocenters. The molecule has 0 aliphatic carbocycles. The van der Waals surface area contributed by atoms with Gasteiger partial charge in [-0.2, -0.15) is 0 Å². The fraction of sp³-hybridized carbons (Fsp3) is 0.800. The highest BCUT2D eigenvalue weighted by Gasteiger charge is 2.13. The smallest absolute Gasteiger partial charge is 0.243 e. The number of rotatable bonds is 11. The van der Waals surface area contributed by atoms with Crippen LogP contribution >= 0.6 is 0 Å². The summed E-state index contributed by atoms with van der Waals surface area (Å²) in [6.45, 7) is 8.79. The van der Waals surface area contributed by atoms with E-state index in [1.165, 1.54) is 44.7 Å². The summed E-state index contributed by atoms with van der Waals surface area (Å²) in [6, 6.07) is 0. The summed E-state index contributed by atoms with van der Waals surface area (Å²) in [4.78, 5) is 11.0. The summed E-state index contributed by atoms with van der Waals surface area (Å²) in [5.74, 6) is -0.0696. The number of quaternary nitrogens is 1. The largest absolute Gasteiger partial charge is 1.00 e. The van der Waals surface area contributed by atoms with E-state index in [1.807, 2.05) is 0 Å². The van der Waals surface area contributed by atoms with E-state index in [0.717, 1.165) is 24.0 Å². The van der Waals surface area contributed by atoms with Crippen LogP contribution in [0.4, 0.5) is 0 Å². The van der Waals surface area contributed by atoms with Crippen LogP contribution < -0.4 is 17.7 Å². The molecule has 114 valence electrons. The second-order valence-electron chi connectivity index (χ2n) is 5.65. The average molecular weight is 291 g/mol. The normalized spacial score (nSPS) is 10.7. The molecule has 3 nitrogen and oxygen atoms in total. The molecule has 0 rings (SSSR count). The minimum Gasteiger partial charge on any atom is -1.00 e. The predicted molar refractivity (Wildman–Crippen MR) is 78.4 cm³/mol. The van der Waals surface area contributed by atoms with Crippen molar-refractivity contribution in [2.75, 3.05) is 33.7 Å². The second kappa shape index (κ2) is 12.5. The monoisotopic (exact) mass is 290 g/mol. The Balaban J connectivity index is 0. The van der Waals surface area contributed by atoms with Crippen molar-refractivity contribution in [1.82, 2.24) is 5.32 Å². The molecule has 1 amide bonds. The first-order chi connectivity index (χ1) is 8.52. The zero-order valence-electron chi connectivity index (χ0n) is 12.9. The van der Waals surface area contributed by atoms with Crippen molar-refractivity contribution in [3.05, 3.63) is 12.7 Å². The number of carbonyl (C=O) groups excluding carboxylic acids is 1. The van der Waals surface area contributed by atoms with E-state index in [4.69, 9.17) is 0 Å². The van der Waals surface area contributed by atoms with Crippen LogP contribution in [0.15, 0.2) is 12.7 Å². The van der Waals surface area contributed by atoms with Crippen LogP contribution in [0.25, 0.3) is 0 Å². The number of unbranched alkanes of at least 4 members (excludes halogenated alkanes) is 4. The van der Waals surface area contributed by atoms with Gasteiger partial charge in [0.25, 0.3) is 0 Å². The zero-order chi connectivity index (χ0) is 13.9. The standard InChI is InChI=1S/C15H30N2O.ClH/c1-5-7-8-9-10-13-17(3,4)14-11-12-16-15(18)6-2;/h6H,2,5,7-14H2,1,3-4H3;1H. The number of carbonyl (C=O) groups is 1. The molecule has 0 heterocycles. The van der Waals surface area contributed by atoms with Crippen LogP contribution in [0, 0.1) is 0 Å². The maximum Gasteiger partial charge on any atom is 0.243 e. The molecule has 0 fully saturated rings. The molecule has 0 saturated heterocycles. The van der Waals surface area contributed by atoms with Gasteiger partial charge in [-0.05, 0) is 18.9 Å². The summed E-state index contributed by atoms with van der Waals surface area (Å²) in [6.07, 6.45) is 9.05. The maximum atomic E-state index is 11.0. The molecular weight excluding hydrogens is 260 g/mol. The van der Waals surface area contributed by atoms with E-state index in [-0.39, 0.29) is 18.3 Å². The number of nitrogens with one attached hydrogen (secondary N) is 1. The van der Waals surface area contributed by atoms with Crippen molar-refractivity contribution in [1.29, 1.82) is 0 Å². The summed E-state index contributed by atoms with van der Waals surface area (Å²) in [5.41, 5.74) is 0. The third kappa shape index (κ3) is 13.7. The minimum absolute atomic E-state index is 0. The molecule has 1 N–H and O–H groups in total. The van der Waals surface area contributed by atoms with E-state index in [9.17, 15) is 4.79 Å². The molecule has 0 aliphatic heterocycles. The molecule has 0 aliphatic rings. The molecule has 4 heteroatoms. The van der Waals surface area contributed by atoms with Gasteiger partial charge in [-0.25, -0.2) is 0 Å². The highest BCUT2D eigenvalue weighted by Crippen LogP contribution is 2.07. The molecule has 0 saturated carbocycles. The number of halogens is 1. The van der Waals surface area contributed by atoms with E-state index in [1.54, 1.807) is 0 Å². The maximum absolute atomic E-state index is 11.0. The third-order valence-corrected chi connectivity index (χ3v) is 3.29. The Morgan fingerprint density at radius 1 is 1.11 bits per heavy atom. The van der Waals surface area contributed by atoms with Gasteiger partial charge in [0.05, 0.1) is 27.2 Å². The summed E-state index contributed by atoms with van der Waals surface area (Å²) < 4.78 is 1.05. The number of amides is 1. The van der Waals surface area contributed by atoms with E-state index < -0.39 is 0 Å². The molecule has 0 radical (unpaired) electrons. The summed E-state index contributed by atoms with van der Waals surface area (Å²) >= 11 is 0. The Kier molecular flexibility index (Phi) is 13.7. The van der Waals surface area contributed by atoms with Gasteiger partial charge in [-0.1, -0.05) is 32.8 Å². The van der Waals surface area contributed by atoms with E-state index in [2.05, 4.69) is 32.9 Å². The Morgan fingerprint density at radius 2 is 1.68 bits per heavy atom. The number of hydrogen-bond acceptors (Lipinski definition) is 1. The van der Waals surface area contributed by atoms with Crippen LogP contribution in [-0.4, -0.2) is 44.1 Å². The van der Waals surface area contributed by atoms with Gasteiger partial charge in [0.15, 0.2) is 0 Å². The minimum atomic E-state index is -0.0696. The van der Waals surface area contributed by atoms with Crippen LogP contribution in [0.3, 0.4) is 0 Å². The first-order valence-electron chi connectivity index (χ1n) is 7.24. The Labute approximate surface area is 125 Å². The van der Waals surface area contributed by atoms with Crippen LogP contribution in [-0.2, 0) is 4.79 Å². The number of hydrogen-bond donors (Lipinski definition) is 1. The highest BCUT2D eigenvalue weighted by molar-refractivity contribution is 5.86. The van der Waals surface area contributed by atoms with Crippen molar-refractivity contribution in [3.8, 4) is 0 Å². The molecule has 0 aromatic rings. The molecule has 0 unspecified atom stereocenters. The van der Waals surface area contributed by atoms with Crippen molar-refractivity contribution < 1.29 is 21.7 Å². The Bertz CT molecular complexity index is 242. The summed E-state index contributed by atoms with van der Waals surface area (Å²) in [5, 5.41) is 2.82. The Hall–Kier alpha value is -0.540. The third-order valence-electron chi connectivity index (χ3n) is 3.29. The molecule has 0 bridgehead atoms. The molecule has 0 aromatic heterocycles. The first-order valence-corrected chi connectivity index (χ1v) is 7.24. The summed E-state index contributed by atoms with van der Waals surface area (Å²) in [7, 11) is 4.55. The predicted octanol–water partition coefficient (Wildman–Crippen LogP) is -0.270. The molecule has 0 spiro atoms. The molecule has 19 heavy (non-hydrogen) atoms. The van der Waals surface area contributed by atoms with Crippen LogP contribution in [0.5, 0.6) is 0 Å². The van der Waals surface area contributed by atoms with Crippen molar-refractivity contribution >= 4 is 5.91 Å². The van der Waals surface area contributed by atoms with Gasteiger partial charge in [0.1, 0.15) is 0 Å². The first kappa shape index (κ1) is 20.8. The fourth-order valence-electron chi connectivity index (χ4n) is 2.05. The van der Waals surface area contributed by atoms with Crippen LogP contribution in [0.1, 0.15) is 45.4 Å². The topological polar surface area (TPSA) is 29.1 Å². The molecule has 0 aromatic carbocycles. The van der Waals surface area contributed by atoms with E-state index in [0.29, 0.717) is 0 Å². The lowest BCUT2D eigenvalue weighted by Crippen LogP contribution is -3.00. The second-order valence-corrected chi connectivity index (χ2v) is 5.65. The van der Waals surface area contributed by atoms with Crippen molar-refractivity contribution in [2.45, 2.75) is 45.4 Å². The van der Waals surface area contributed by atoms with Gasteiger partial charge < -0.3 is 22.2 Å². The van der Waals surface area contributed by atoms with E-state index >= 15 is 0 Å². The lowest BCUT2D eigenvalue weighted by atomic mass is 10.1. The van der Waals surface area contributed by atoms with Gasteiger partial charge in [-0.15, -0.1) is 0 Å². The lowest BCUT2D eigenvalue weighted by Gasteiger charge is -2.30. The van der Waals surface area contributed by atoms with Crippen molar-refractivity contribution in [2.24, 2.45) is 0 Å². The van der Waals surface area contributed by atoms with Gasteiger partial charge in [0.2, 0.25) is 5.91 Å². The fourth-order valence-corrected chi connectivity index (χ4v) is 2.05. The highest BCUT2D eigenvalue weighted by atomic mass is 35.5.